The first-order chi connectivity index (χ1) is 11.4. The van der Waals surface area contributed by atoms with Crippen LogP contribution in [0.3, 0.4) is 0 Å². The highest BCUT2D eigenvalue weighted by atomic mass is 35.5. The van der Waals surface area contributed by atoms with Gasteiger partial charge in [-0.2, -0.15) is 0 Å². The number of aromatic nitrogens is 1. The van der Waals surface area contributed by atoms with Gasteiger partial charge in [-0.3, -0.25) is 9.59 Å². The molecule has 3 rings (SSSR count). The highest BCUT2D eigenvalue weighted by Crippen LogP contribution is 2.18. The third-order valence-corrected chi connectivity index (χ3v) is 4.19. The van der Waals surface area contributed by atoms with Gasteiger partial charge in [0.2, 0.25) is 0 Å². The zero-order valence-electron chi connectivity index (χ0n) is 13.4. The van der Waals surface area contributed by atoms with Crippen molar-refractivity contribution in [2.45, 2.75) is 20.4 Å². The zero-order chi connectivity index (χ0) is 17.3. The molecule has 0 spiro atoms. The van der Waals surface area contributed by atoms with Gasteiger partial charge in [-0.1, -0.05) is 17.7 Å². The molecule has 4 nitrogen and oxygen atoms in total. The predicted molar refractivity (Wildman–Crippen MR) is 96.7 cm³/mol. The Morgan fingerprint density at radius 2 is 1.83 bits per heavy atom. The number of pyridine rings is 1. The summed E-state index contributed by atoms with van der Waals surface area (Å²) >= 11 is 5.81. The van der Waals surface area contributed by atoms with E-state index in [-0.39, 0.29) is 18.0 Å². The molecule has 0 atom stereocenters. The molecule has 2 N–H and O–H groups in total. The van der Waals surface area contributed by atoms with Gasteiger partial charge in [-0.15, -0.1) is 0 Å². The van der Waals surface area contributed by atoms with Gasteiger partial charge >= 0.3 is 0 Å². The maximum Gasteiger partial charge on any atom is 0.253 e. The quantitative estimate of drug-likeness (QED) is 0.763. The minimum atomic E-state index is -0.244. The summed E-state index contributed by atoms with van der Waals surface area (Å²) in [5.74, 6) is -0.244. The fraction of sp³-hybridized carbons (Fsp3) is 0.158. The van der Waals surface area contributed by atoms with Crippen molar-refractivity contribution in [2.75, 3.05) is 0 Å². The Hall–Kier alpha value is -2.59. The summed E-state index contributed by atoms with van der Waals surface area (Å²) in [4.78, 5) is 27.3. The van der Waals surface area contributed by atoms with Crippen molar-refractivity contribution in [3.63, 3.8) is 0 Å². The van der Waals surface area contributed by atoms with Gasteiger partial charge < -0.3 is 10.3 Å². The fourth-order valence-corrected chi connectivity index (χ4v) is 2.85. The Morgan fingerprint density at radius 1 is 1.12 bits per heavy atom. The van der Waals surface area contributed by atoms with Gasteiger partial charge in [0.15, 0.2) is 0 Å². The lowest BCUT2D eigenvalue weighted by molar-refractivity contribution is 0.0951. The van der Waals surface area contributed by atoms with E-state index < -0.39 is 0 Å². The average Bonchev–Trinajstić information content (AvgIpc) is 2.53. The molecule has 122 valence electrons. The summed E-state index contributed by atoms with van der Waals surface area (Å²) in [6, 6.07) is 12.5. The minimum Gasteiger partial charge on any atom is -0.348 e. The molecule has 0 aliphatic carbocycles. The van der Waals surface area contributed by atoms with Crippen LogP contribution < -0.4 is 10.9 Å². The molecule has 2 aromatic carbocycles. The second-order valence-electron chi connectivity index (χ2n) is 5.86. The van der Waals surface area contributed by atoms with E-state index in [2.05, 4.69) is 16.4 Å². The number of carbonyl (C=O) groups is 1. The average molecular weight is 341 g/mol. The number of benzene rings is 2. The molecule has 0 bridgehead atoms. The van der Waals surface area contributed by atoms with E-state index >= 15 is 0 Å². The summed E-state index contributed by atoms with van der Waals surface area (Å²) in [6.45, 7) is 4.16. The molecule has 0 radical (unpaired) electrons. The summed E-state index contributed by atoms with van der Waals surface area (Å²) in [6.07, 6.45) is 0. The lowest BCUT2D eigenvalue weighted by Crippen LogP contribution is -2.26. The van der Waals surface area contributed by atoms with Crippen molar-refractivity contribution in [3.05, 3.63) is 80.1 Å². The van der Waals surface area contributed by atoms with Crippen LogP contribution in [0.2, 0.25) is 5.02 Å². The Balaban J connectivity index is 1.85. The maximum atomic E-state index is 12.2. The lowest BCUT2D eigenvalue weighted by Gasteiger charge is -2.08. The van der Waals surface area contributed by atoms with E-state index in [4.69, 9.17) is 11.6 Å². The molecule has 5 heteroatoms. The molecule has 0 fully saturated rings. The number of fused-ring (bicyclic) bond motifs is 1. The van der Waals surface area contributed by atoms with E-state index in [1.54, 1.807) is 24.3 Å². The Kier molecular flexibility index (Phi) is 4.40. The SMILES string of the molecule is Cc1cc(C)c2cc(CNC(=O)c3ccc(Cl)cc3)c(=O)[nH]c2c1. The van der Waals surface area contributed by atoms with Gasteiger partial charge in [-0.05, 0) is 61.4 Å². The highest BCUT2D eigenvalue weighted by Gasteiger charge is 2.09. The number of halogens is 1. The molecule has 0 saturated heterocycles. The van der Waals surface area contributed by atoms with E-state index in [0.29, 0.717) is 16.1 Å². The van der Waals surface area contributed by atoms with Crippen molar-refractivity contribution < 1.29 is 4.79 Å². The van der Waals surface area contributed by atoms with Crippen LogP contribution in [0.5, 0.6) is 0 Å². The number of nitrogens with one attached hydrogen (secondary N) is 2. The van der Waals surface area contributed by atoms with Crippen molar-refractivity contribution in [2.24, 2.45) is 0 Å². The van der Waals surface area contributed by atoms with Crippen LogP contribution in [0.1, 0.15) is 27.0 Å². The molecule has 3 aromatic rings. The summed E-state index contributed by atoms with van der Waals surface area (Å²) in [5.41, 5.74) is 3.83. The summed E-state index contributed by atoms with van der Waals surface area (Å²) < 4.78 is 0. The molecule has 0 aliphatic rings. The van der Waals surface area contributed by atoms with Gasteiger partial charge in [0.25, 0.3) is 11.5 Å². The van der Waals surface area contributed by atoms with Crippen LogP contribution in [-0.4, -0.2) is 10.9 Å². The van der Waals surface area contributed by atoms with Crippen molar-refractivity contribution >= 4 is 28.4 Å². The number of amides is 1. The topological polar surface area (TPSA) is 62.0 Å². The zero-order valence-corrected chi connectivity index (χ0v) is 14.2. The van der Waals surface area contributed by atoms with Crippen molar-refractivity contribution in [1.29, 1.82) is 0 Å². The Bertz CT molecular complexity index is 975. The second kappa shape index (κ2) is 6.49. The number of aromatic amines is 1. The lowest BCUT2D eigenvalue weighted by atomic mass is 10.0. The van der Waals surface area contributed by atoms with Crippen LogP contribution in [0.4, 0.5) is 0 Å². The molecular weight excluding hydrogens is 324 g/mol. The number of H-pyrrole nitrogens is 1. The normalized spacial score (nSPS) is 10.8. The van der Waals surface area contributed by atoms with Gasteiger partial charge in [0, 0.05) is 33.6 Å². The molecule has 0 aliphatic heterocycles. The fourth-order valence-electron chi connectivity index (χ4n) is 2.73. The molecule has 24 heavy (non-hydrogen) atoms. The van der Waals surface area contributed by atoms with Crippen LogP contribution in [-0.2, 0) is 6.54 Å². The third-order valence-electron chi connectivity index (χ3n) is 3.94. The Morgan fingerprint density at radius 3 is 2.54 bits per heavy atom. The third kappa shape index (κ3) is 3.34. The van der Waals surface area contributed by atoms with Gasteiger partial charge in [0.05, 0.1) is 0 Å². The molecule has 1 heterocycles. The first-order valence-electron chi connectivity index (χ1n) is 7.61. The van der Waals surface area contributed by atoms with Crippen molar-refractivity contribution in [1.82, 2.24) is 10.3 Å². The number of aryl methyl sites for hydroxylation is 2. The van der Waals surface area contributed by atoms with Gasteiger partial charge in [0.1, 0.15) is 0 Å². The van der Waals surface area contributed by atoms with Crippen molar-refractivity contribution in [3.8, 4) is 0 Å². The first kappa shape index (κ1) is 16.3. The number of rotatable bonds is 3. The monoisotopic (exact) mass is 340 g/mol. The van der Waals surface area contributed by atoms with E-state index in [1.165, 1.54) is 0 Å². The standard InChI is InChI=1S/C19H17ClN2O2/c1-11-7-12(2)16-9-14(19(24)22-17(16)8-11)10-21-18(23)13-3-5-15(20)6-4-13/h3-9H,10H2,1-2H3,(H,21,23)(H,22,24). The molecule has 1 amide bonds. The largest absolute Gasteiger partial charge is 0.348 e. The second-order valence-corrected chi connectivity index (χ2v) is 6.29. The number of hydrogen-bond acceptors (Lipinski definition) is 2. The van der Waals surface area contributed by atoms with Crippen LogP contribution >= 0.6 is 11.6 Å². The summed E-state index contributed by atoms with van der Waals surface area (Å²) in [7, 11) is 0. The molecule has 0 unspecified atom stereocenters. The minimum absolute atomic E-state index is 0.167. The van der Waals surface area contributed by atoms with E-state index in [9.17, 15) is 9.59 Å². The van der Waals surface area contributed by atoms with Crippen LogP contribution in [0.15, 0.2) is 47.3 Å². The van der Waals surface area contributed by atoms with E-state index in [0.717, 1.165) is 22.0 Å². The predicted octanol–water partition coefficient (Wildman–Crippen LogP) is 3.73. The number of hydrogen-bond donors (Lipinski definition) is 2. The smallest absolute Gasteiger partial charge is 0.253 e. The molecular formula is C19H17ClN2O2. The number of carbonyl (C=O) groups excluding carboxylic acids is 1. The maximum absolute atomic E-state index is 12.2. The highest BCUT2D eigenvalue weighted by molar-refractivity contribution is 6.30. The van der Waals surface area contributed by atoms with Crippen LogP contribution in [0, 0.1) is 13.8 Å². The Labute approximate surface area is 144 Å². The molecule has 1 aromatic heterocycles. The molecule has 0 saturated carbocycles. The van der Waals surface area contributed by atoms with E-state index in [1.807, 2.05) is 26.0 Å². The van der Waals surface area contributed by atoms with Gasteiger partial charge in [-0.25, -0.2) is 0 Å². The summed E-state index contributed by atoms with van der Waals surface area (Å²) in [5, 5.41) is 4.32. The first-order valence-corrected chi connectivity index (χ1v) is 7.99. The van der Waals surface area contributed by atoms with Crippen LogP contribution in [0.25, 0.3) is 10.9 Å².